The van der Waals surface area contributed by atoms with Gasteiger partial charge in [0.1, 0.15) is 5.44 Å². The second-order valence-corrected chi connectivity index (χ2v) is 6.81. The number of rotatable bonds is 7. The molecule has 1 heterocycles. The van der Waals surface area contributed by atoms with E-state index in [1.807, 2.05) is 32.3 Å². The lowest BCUT2D eigenvalue weighted by Gasteiger charge is -2.25. The third-order valence-corrected chi connectivity index (χ3v) is 5.32. The fourth-order valence-corrected chi connectivity index (χ4v) is 3.93. The maximum absolute atomic E-state index is 13.0. The molecule has 0 radical (unpaired) electrons. The molecular formula is C15H22NO5P. The molecule has 122 valence electrons. The highest BCUT2D eigenvalue weighted by Gasteiger charge is 2.31. The Bertz CT molecular complexity index is 590. The molecule has 0 amide bonds. The summed E-state index contributed by atoms with van der Waals surface area (Å²) in [6.45, 7) is 4.42. The van der Waals surface area contributed by atoms with E-state index in [0.717, 1.165) is 5.56 Å². The summed E-state index contributed by atoms with van der Waals surface area (Å²) in [4.78, 5) is 1.75. The van der Waals surface area contributed by atoms with Crippen molar-refractivity contribution < 1.29 is 23.1 Å². The number of benzene rings is 1. The largest absolute Gasteiger partial charge is 0.454 e. The average Bonchev–Trinajstić information content (AvgIpc) is 2.92. The van der Waals surface area contributed by atoms with E-state index in [9.17, 15) is 4.57 Å². The molecule has 0 aliphatic carbocycles. The monoisotopic (exact) mass is 327 g/mol. The third kappa shape index (κ3) is 3.64. The van der Waals surface area contributed by atoms with Gasteiger partial charge in [0.25, 0.3) is 0 Å². The molecule has 6 nitrogen and oxygen atoms in total. The Hall–Kier alpha value is -1.49. The zero-order chi connectivity index (χ0) is 16.2. The van der Waals surface area contributed by atoms with Crippen molar-refractivity contribution >= 4 is 13.7 Å². The van der Waals surface area contributed by atoms with Crippen LogP contribution in [0.1, 0.15) is 19.4 Å². The fraction of sp³-hybridized carbons (Fsp3) is 0.467. The van der Waals surface area contributed by atoms with Crippen LogP contribution in [0.2, 0.25) is 0 Å². The van der Waals surface area contributed by atoms with Gasteiger partial charge in [-0.05, 0) is 37.6 Å². The zero-order valence-electron chi connectivity index (χ0n) is 13.4. The number of nitrogens with zero attached hydrogens (tertiary/aromatic N) is 1. The van der Waals surface area contributed by atoms with Gasteiger partial charge in [-0.2, -0.15) is 0 Å². The molecule has 22 heavy (non-hydrogen) atoms. The minimum Gasteiger partial charge on any atom is -0.454 e. The molecular weight excluding hydrogens is 305 g/mol. The molecule has 0 unspecified atom stereocenters. The lowest BCUT2D eigenvalue weighted by Crippen LogP contribution is -2.14. The Labute approximate surface area is 131 Å². The lowest BCUT2D eigenvalue weighted by atomic mass is 10.2. The second-order valence-electron chi connectivity index (χ2n) is 4.84. The van der Waals surface area contributed by atoms with Crippen molar-refractivity contribution in [3.63, 3.8) is 0 Å². The van der Waals surface area contributed by atoms with Crippen molar-refractivity contribution in [3.8, 4) is 11.5 Å². The Balaban J connectivity index is 2.39. The van der Waals surface area contributed by atoms with Crippen LogP contribution in [0.25, 0.3) is 6.08 Å². The Morgan fingerprint density at radius 2 is 1.86 bits per heavy atom. The van der Waals surface area contributed by atoms with E-state index in [2.05, 4.69) is 0 Å². The van der Waals surface area contributed by atoms with Crippen LogP contribution in [0.3, 0.4) is 0 Å². The van der Waals surface area contributed by atoms with Gasteiger partial charge in [0, 0.05) is 14.1 Å². The van der Waals surface area contributed by atoms with Crippen LogP contribution in [0.15, 0.2) is 23.6 Å². The molecule has 1 aromatic carbocycles. The highest BCUT2D eigenvalue weighted by Crippen LogP contribution is 2.57. The standard InChI is InChI=1S/C15H22NO5P/c1-5-20-22(17,21-6-2)15(16(3)4)10-12-7-8-13-14(9-12)19-11-18-13/h7-10H,5-6,11H2,1-4H3/b15-10-. The van der Waals surface area contributed by atoms with Crippen molar-refractivity contribution in [2.75, 3.05) is 34.1 Å². The molecule has 0 spiro atoms. The van der Waals surface area contributed by atoms with Crippen molar-refractivity contribution in [1.82, 2.24) is 4.90 Å². The molecule has 0 saturated carbocycles. The van der Waals surface area contributed by atoms with E-state index in [-0.39, 0.29) is 6.79 Å². The minimum absolute atomic E-state index is 0.222. The number of hydrogen-bond acceptors (Lipinski definition) is 6. The quantitative estimate of drug-likeness (QED) is 0.714. The summed E-state index contributed by atoms with van der Waals surface area (Å²) in [5, 5.41) is 0. The summed E-state index contributed by atoms with van der Waals surface area (Å²) in [6, 6.07) is 5.54. The van der Waals surface area contributed by atoms with Gasteiger partial charge < -0.3 is 23.4 Å². The molecule has 0 fully saturated rings. The first-order valence-electron chi connectivity index (χ1n) is 7.18. The third-order valence-electron chi connectivity index (χ3n) is 3.03. The van der Waals surface area contributed by atoms with Crippen LogP contribution in [0, 0.1) is 0 Å². The predicted octanol–water partition coefficient (Wildman–Crippen LogP) is 3.54. The highest BCUT2D eigenvalue weighted by molar-refractivity contribution is 7.58. The van der Waals surface area contributed by atoms with Gasteiger partial charge in [0.2, 0.25) is 6.79 Å². The summed E-state index contributed by atoms with van der Waals surface area (Å²) in [7, 11) is 0.262. The normalized spacial score (nSPS) is 14.3. The van der Waals surface area contributed by atoms with Crippen molar-refractivity contribution in [2.24, 2.45) is 0 Å². The topological polar surface area (TPSA) is 57.2 Å². The van der Waals surface area contributed by atoms with Crippen LogP contribution < -0.4 is 9.47 Å². The molecule has 0 saturated heterocycles. The summed E-state index contributed by atoms with van der Waals surface area (Å²) in [5.41, 5.74) is 1.34. The van der Waals surface area contributed by atoms with Crippen LogP contribution in [-0.4, -0.2) is 39.0 Å². The van der Waals surface area contributed by atoms with E-state index in [0.29, 0.717) is 30.2 Å². The van der Waals surface area contributed by atoms with Gasteiger partial charge in [0.15, 0.2) is 11.5 Å². The molecule has 2 rings (SSSR count). The van der Waals surface area contributed by atoms with Gasteiger partial charge in [-0.15, -0.1) is 0 Å². The molecule has 1 aliphatic heterocycles. The summed E-state index contributed by atoms with van der Waals surface area (Å²) in [5.74, 6) is 1.39. The van der Waals surface area contributed by atoms with E-state index in [1.165, 1.54) is 0 Å². The first-order chi connectivity index (χ1) is 10.5. The second kappa shape index (κ2) is 7.18. The summed E-state index contributed by atoms with van der Waals surface area (Å²) >= 11 is 0. The molecule has 1 aromatic rings. The zero-order valence-corrected chi connectivity index (χ0v) is 14.3. The van der Waals surface area contributed by atoms with Crippen LogP contribution in [0.5, 0.6) is 11.5 Å². The first-order valence-corrected chi connectivity index (χ1v) is 8.72. The van der Waals surface area contributed by atoms with Gasteiger partial charge in [-0.3, -0.25) is 4.57 Å². The lowest BCUT2D eigenvalue weighted by molar-refractivity contribution is 0.174. The smallest absolute Gasteiger partial charge is 0.377 e. The van der Waals surface area contributed by atoms with Crippen LogP contribution in [0.4, 0.5) is 0 Å². The summed E-state index contributed by atoms with van der Waals surface area (Å²) < 4.78 is 34.5. The average molecular weight is 327 g/mol. The van der Waals surface area contributed by atoms with Gasteiger partial charge >= 0.3 is 7.60 Å². The number of hydrogen-bond donors (Lipinski definition) is 0. The van der Waals surface area contributed by atoms with Crippen molar-refractivity contribution in [1.29, 1.82) is 0 Å². The predicted molar refractivity (Wildman–Crippen MR) is 85.1 cm³/mol. The molecule has 1 aliphatic rings. The Morgan fingerprint density at radius 1 is 1.23 bits per heavy atom. The molecule has 0 bridgehead atoms. The van der Waals surface area contributed by atoms with Crippen molar-refractivity contribution in [3.05, 3.63) is 29.2 Å². The van der Waals surface area contributed by atoms with Gasteiger partial charge in [0.05, 0.1) is 13.2 Å². The fourth-order valence-electron chi connectivity index (χ4n) is 2.11. The first kappa shape index (κ1) is 16.9. The van der Waals surface area contributed by atoms with Crippen molar-refractivity contribution in [2.45, 2.75) is 13.8 Å². The van der Waals surface area contributed by atoms with Gasteiger partial charge in [-0.1, -0.05) is 6.07 Å². The Kier molecular flexibility index (Phi) is 5.51. The highest BCUT2D eigenvalue weighted by atomic mass is 31.2. The number of ether oxygens (including phenoxy) is 2. The van der Waals surface area contributed by atoms with Crippen LogP contribution in [-0.2, 0) is 13.6 Å². The SMILES string of the molecule is CCOP(=O)(OCC)/C(=C\c1ccc2c(c1)OCO2)N(C)C. The van der Waals surface area contributed by atoms with Gasteiger partial charge in [-0.25, -0.2) is 0 Å². The van der Waals surface area contributed by atoms with E-state index in [1.54, 1.807) is 24.8 Å². The number of fused-ring (bicyclic) bond motifs is 1. The van der Waals surface area contributed by atoms with E-state index in [4.69, 9.17) is 18.5 Å². The molecule has 0 atom stereocenters. The van der Waals surface area contributed by atoms with E-state index >= 15 is 0 Å². The minimum atomic E-state index is -3.36. The Morgan fingerprint density at radius 3 is 2.45 bits per heavy atom. The maximum Gasteiger partial charge on any atom is 0.377 e. The van der Waals surface area contributed by atoms with E-state index < -0.39 is 7.60 Å². The molecule has 0 N–H and O–H groups in total. The summed E-state index contributed by atoms with van der Waals surface area (Å²) in [6.07, 6.45) is 1.79. The molecule has 7 heteroatoms. The van der Waals surface area contributed by atoms with Crippen LogP contribution >= 0.6 is 7.60 Å². The maximum atomic E-state index is 13.0. The molecule has 0 aromatic heterocycles.